The van der Waals surface area contributed by atoms with E-state index in [1.54, 1.807) is 24.3 Å². The largest absolute Gasteiger partial charge is 0.491 e. The first-order valence-electron chi connectivity index (χ1n) is 7.52. The Morgan fingerprint density at radius 1 is 1.15 bits per heavy atom. The van der Waals surface area contributed by atoms with Crippen LogP contribution in [-0.2, 0) is 14.8 Å². The molecule has 2 rings (SSSR count). The summed E-state index contributed by atoms with van der Waals surface area (Å²) in [5, 5.41) is 2.45. The summed E-state index contributed by atoms with van der Waals surface area (Å²) in [6, 6.07) is 9.47. The van der Waals surface area contributed by atoms with E-state index in [2.05, 4.69) is 15.0 Å². The summed E-state index contributed by atoms with van der Waals surface area (Å²) in [5.41, 5.74) is 6.15. The van der Waals surface area contributed by atoms with E-state index in [0.29, 0.717) is 22.9 Å². The zero-order valence-electron chi connectivity index (χ0n) is 14.3. The molecule has 2 aromatic rings. The molecular weight excluding hydrogens is 380 g/mol. The number of halogens is 1. The maximum Gasteiger partial charge on any atom is 0.241 e. The highest BCUT2D eigenvalue weighted by Gasteiger charge is 2.17. The maximum absolute atomic E-state index is 12.1. The van der Waals surface area contributed by atoms with Crippen molar-refractivity contribution in [2.45, 2.75) is 20.0 Å². The van der Waals surface area contributed by atoms with Crippen LogP contribution in [0.4, 0.5) is 17.2 Å². The zero-order chi connectivity index (χ0) is 18.4. The van der Waals surface area contributed by atoms with Crippen LogP contribution in [0.1, 0.15) is 13.8 Å². The second-order valence-electron chi connectivity index (χ2n) is 5.57. The molecule has 0 aliphatic carbocycles. The van der Waals surface area contributed by atoms with Gasteiger partial charge in [0.2, 0.25) is 15.9 Å². The van der Waals surface area contributed by atoms with Crippen molar-refractivity contribution in [1.29, 1.82) is 0 Å². The summed E-state index contributed by atoms with van der Waals surface area (Å²) in [7, 11) is -3.85. The molecule has 8 nitrogen and oxygen atoms in total. The van der Waals surface area contributed by atoms with E-state index in [0.717, 1.165) is 0 Å². The quantitative estimate of drug-likeness (QED) is 0.654. The van der Waals surface area contributed by atoms with E-state index >= 15 is 0 Å². The fourth-order valence-electron chi connectivity index (χ4n) is 1.94. The molecule has 0 radical (unpaired) electrons. The number of benzene rings is 1. The number of hydrogen-bond donors (Lipinski definition) is 3. The average Bonchev–Trinajstić information content (AvgIpc) is 2.50. The lowest BCUT2D eigenvalue weighted by Gasteiger charge is -2.11. The lowest BCUT2D eigenvalue weighted by Crippen LogP contribution is -2.27. The normalized spacial score (nSPS) is 10.7. The number of amides is 1. The Labute approximate surface area is 158 Å². The van der Waals surface area contributed by atoms with Crippen molar-refractivity contribution in [2.24, 2.45) is 0 Å². The molecule has 0 saturated carbocycles. The van der Waals surface area contributed by atoms with Gasteiger partial charge in [0.25, 0.3) is 0 Å². The number of nitrogens with two attached hydrogens (primary N) is 1. The lowest BCUT2D eigenvalue weighted by atomic mass is 10.3. The number of nitrogens with zero attached hydrogens (tertiary/aromatic N) is 1. The first-order valence-corrected chi connectivity index (χ1v) is 9.17. The molecule has 1 amide bonds. The van der Waals surface area contributed by atoms with Gasteiger partial charge in [-0.25, -0.2) is 13.4 Å². The molecule has 26 heavy (non-hydrogen) atoms. The van der Waals surface area contributed by atoms with Gasteiger partial charge in [0.15, 0.2) is 0 Å². The Morgan fingerprint density at radius 3 is 2.31 bits per heavy atom. The first-order chi connectivity index (χ1) is 11.7. The van der Waals surface area contributed by atoms with Gasteiger partial charge < -0.3 is 15.8 Å². The number of carbonyl (C=O) groups is 1. The summed E-state index contributed by atoms with van der Waals surface area (Å²) < 4.78 is 32.0. The molecule has 0 saturated heterocycles. The van der Waals surface area contributed by atoms with Crippen molar-refractivity contribution in [1.82, 2.24) is 4.98 Å². The second-order valence-corrected chi connectivity index (χ2v) is 7.29. The molecule has 4 N–H and O–H groups in total. The van der Waals surface area contributed by atoms with Gasteiger partial charge in [0, 0.05) is 5.69 Å². The highest BCUT2D eigenvalue weighted by atomic mass is 35.5. The van der Waals surface area contributed by atoms with Gasteiger partial charge in [0.1, 0.15) is 17.3 Å². The van der Waals surface area contributed by atoms with Crippen molar-refractivity contribution in [3.63, 3.8) is 0 Å². The number of pyridine rings is 1. The highest BCUT2D eigenvalue weighted by Crippen LogP contribution is 2.18. The molecule has 0 aliphatic rings. The molecule has 1 aromatic carbocycles. The maximum atomic E-state index is 12.1. The van der Waals surface area contributed by atoms with Crippen molar-refractivity contribution in [2.75, 3.05) is 21.5 Å². The van der Waals surface area contributed by atoms with Crippen LogP contribution < -0.4 is 20.5 Å². The summed E-state index contributed by atoms with van der Waals surface area (Å²) in [4.78, 5) is 15.7. The van der Waals surface area contributed by atoms with Gasteiger partial charge in [-0.3, -0.25) is 9.52 Å². The molecule has 1 aromatic heterocycles. The third-order valence-corrected chi connectivity index (χ3v) is 4.08. The number of rotatable bonds is 7. The number of nitrogens with one attached hydrogen (secondary N) is 2. The number of carbonyl (C=O) groups excluding carboxylic acids is 1. The van der Waals surface area contributed by atoms with Crippen molar-refractivity contribution in [3.8, 4) is 5.75 Å². The second kappa shape index (κ2) is 9.25. The summed E-state index contributed by atoms with van der Waals surface area (Å²) in [5.74, 6) is -0.468. The SMILES string of the molecule is CC(C)Oc1ccc(NS(=O)(=O)CC(=O)Nc2ccc(N)nc2)cc1.Cl. The third kappa shape index (κ3) is 7.16. The van der Waals surface area contributed by atoms with Gasteiger partial charge in [-0.05, 0) is 50.2 Å². The minimum absolute atomic E-state index is 0. The molecule has 10 heteroatoms. The molecule has 142 valence electrons. The molecule has 1 heterocycles. The van der Waals surface area contributed by atoms with E-state index in [9.17, 15) is 13.2 Å². The van der Waals surface area contributed by atoms with Crippen LogP contribution in [0.5, 0.6) is 5.75 Å². The number of nitrogen functional groups attached to an aromatic ring is 1. The van der Waals surface area contributed by atoms with Gasteiger partial charge in [-0.1, -0.05) is 0 Å². The smallest absolute Gasteiger partial charge is 0.241 e. The monoisotopic (exact) mass is 400 g/mol. The van der Waals surface area contributed by atoms with E-state index in [4.69, 9.17) is 10.5 Å². The molecule has 0 spiro atoms. The van der Waals surface area contributed by atoms with E-state index in [1.165, 1.54) is 18.3 Å². The predicted molar refractivity (Wildman–Crippen MR) is 104 cm³/mol. The van der Waals surface area contributed by atoms with Gasteiger partial charge in [-0.15, -0.1) is 12.4 Å². The zero-order valence-corrected chi connectivity index (χ0v) is 15.9. The van der Waals surface area contributed by atoms with Crippen molar-refractivity contribution < 1.29 is 17.9 Å². The molecule has 0 aliphatic heterocycles. The summed E-state index contributed by atoms with van der Waals surface area (Å²) >= 11 is 0. The number of hydrogen-bond acceptors (Lipinski definition) is 6. The number of sulfonamides is 1. The Kier molecular flexibility index (Phi) is 7.66. The molecule has 0 atom stereocenters. The molecule has 0 bridgehead atoms. The number of anilines is 3. The average molecular weight is 401 g/mol. The topological polar surface area (TPSA) is 123 Å². The van der Waals surface area contributed by atoms with E-state index < -0.39 is 21.7 Å². The van der Waals surface area contributed by atoms with Crippen LogP contribution in [-0.4, -0.2) is 31.2 Å². The molecule has 0 fully saturated rings. The van der Waals surface area contributed by atoms with Crippen LogP contribution in [0.15, 0.2) is 42.6 Å². The van der Waals surface area contributed by atoms with Crippen molar-refractivity contribution >= 4 is 45.5 Å². The minimum Gasteiger partial charge on any atom is -0.491 e. The van der Waals surface area contributed by atoms with Gasteiger partial charge in [-0.2, -0.15) is 0 Å². The highest BCUT2D eigenvalue weighted by molar-refractivity contribution is 7.93. The van der Waals surface area contributed by atoms with E-state index in [-0.39, 0.29) is 18.5 Å². The summed E-state index contributed by atoms with van der Waals surface area (Å²) in [6.45, 7) is 3.79. The predicted octanol–water partition coefficient (Wildman–Crippen LogP) is 2.25. The fourth-order valence-corrected chi connectivity index (χ4v) is 2.92. The minimum atomic E-state index is -3.85. The van der Waals surface area contributed by atoms with Crippen molar-refractivity contribution in [3.05, 3.63) is 42.6 Å². The fraction of sp³-hybridized carbons (Fsp3) is 0.250. The van der Waals surface area contributed by atoms with Crippen LogP contribution in [0.25, 0.3) is 0 Å². The van der Waals surface area contributed by atoms with Crippen LogP contribution in [0.3, 0.4) is 0 Å². The van der Waals surface area contributed by atoms with Gasteiger partial charge >= 0.3 is 0 Å². The Morgan fingerprint density at radius 2 is 1.77 bits per heavy atom. The number of aromatic nitrogens is 1. The molecular formula is C16H21ClN4O4S. The third-order valence-electron chi connectivity index (χ3n) is 2.89. The molecule has 0 unspecified atom stereocenters. The summed E-state index contributed by atoms with van der Waals surface area (Å²) in [6.07, 6.45) is 1.37. The Hall–Kier alpha value is -2.52. The van der Waals surface area contributed by atoms with Gasteiger partial charge in [0.05, 0.1) is 18.0 Å². The number of ether oxygens (including phenoxy) is 1. The Bertz CT molecular complexity index is 824. The van der Waals surface area contributed by atoms with Crippen LogP contribution in [0.2, 0.25) is 0 Å². The Balaban J connectivity index is 0.00000338. The lowest BCUT2D eigenvalue weighted by molar-refractivity contribution is -0.113. The standard InChI is InChI=1S/C16H20N4O4S.ClH/c1-11(2)24-14-6-3-12(4-7-14)20-25(22,23)10-16(21)19-13-5-8-15(17)18-9-13;/h3-9,11,20H,10H2,1-2H3,(H2,17,18)(H,19,21);1H. The van der Waals surface area contributed by atoms with Crippen LogP contribution in [0, 0.1) is 0 Å². The van der Waals surface area contributed by atoms with E-state index in [1.807, 2.05) is 13.8 Å². The van der Waals surface area contributed by atoms with Crippen LogP contribution >= 0.6 is 12.4 Å². The first kappa shape index (κ1) is 21.5.